The molecule has 1 N–H and O–H groups in total. The van der Waals surface area contributed by atoms with Crippen LogP contribution in [-0.4, -0.2) is 25.9 Å². The molecule has 1 unspecified atom stereocenters. The predicted octanol–water partition coefficient (Wildman–Crippen LogP) is 1.68. The molecule has 0 saturated carbocycles. The second-order valence-electron chi connectivity index (χ2n) is 3.13. The van der Waals surface area contributed by atoms with Gasteiger partial charge in [-0.3, -0.25) is 0 Å². The van der Waals surface area contributed by atoms with Gasteiger partial charge in [0.15, 0.2) is 0 Å². The lowest BCUT2D eigenvalue weighted by Gasteiger charge is -2.16. The highest BCUT2D eigenvalue weighted by molar-refractivity contribution is 5.36. The Morgan fingerprint density at radius 3 is 2.57 bits per heavy atom. The standard InChI is InChI=1S/C11H16O3/c1-8-4-5-9(13-2)6-10(8)11(7-12)14-3/h4-6,11-12H,7H2,1-3H3. The van der Waals surface area contributed by atoms with Crippen molar-refractivity contribution in [1.29, 1.82) is 0 Å². The van der Waals surface area contributed by atoms with Crippen molar-refractivity contribution < 1.29 is 14.6 Å². The Morgan fingerprint density at radius 1 is 1.36 bits per heavy atom. The third-order valence-electron chi connectivity index (χ3n) is 2.28. The number of hydrogen-bond acceptors (Lipinski definition) is 3. The van der Waals surface area contributed by atoms with Crippen LogP contribution in [0, 0.1) is 6.92 Å². The molecule has 1 aromatic rings. The average Bonchev–Trinajstić information content (AvgIpc) is 2.22. The van der Waals surface area contributed by atoms with Crippen LogP contribution in [0.4, 0.5) is 0 Å². The Balaban J connectivity index is 3.04. The molecule has 0 heterocycles. The fourth-order valence-corrected chi connectivity index (χ4v) is 1.39. The maximum Gasteiger partial charge on any atom is 0.119 e. The minimum Gasteiger partial charge on any atom is -0.497 e. The van der Waals surface area contributed by atoms with Crippen molar-refractivity contribution in [3.8, 4) is 5.75 Å². The number of ether oxygens (including phenoxy) is 2. The van der Waals surface area contributed by atoms with E-state index in [2.05, 4.69) is 0 Å². The van der Waals surface area contributed by atoms with Crippen molar-refractivity contribution in [1.82, 2.24) is 0 Å². The monoisotopic (exact) mass is 196 g/mol. The normalized spacial score (nSPS) is 12.6. The van der Waals surface area contributed by atoms with Gasteiger partial charge in [0.2, 0.25) is 0 Å². The Labute approximate surface area is 84.3 Å². The molecule has 0 saturated heterocycles. The number of benzene rings is 1. The molecule has 0 aliphatic rings. The molecule has 3 nitrogen and oxygen atoms in total. The van der Waals surface area contributed by atoms with Crippen molar-refractivity contribution in [2.75, 3.05) is 20.8 Å². The molecule has 1 atom stereocenters. The maximum atomic E-state index is 9.10. The Kier molecular flexibility index (Phi) is 3.92. The van der Waals surface area contributed by atoms with E-state index in [1.807, 2.05) is 25.1 Å². The van der Waals surface area contributed by atoms with Crippen molar-refractivity contribution in [2.24, 2.45) is 0 Å². The number of aryl methyl sites for hydroxylation is 1. The first-order chi connectivity index (χ1) is 6.72. The van der Waals surface area contributed by atoms with E-state index in [4.69, 9.17) is 14.6 Å². The third kappa shape index (κ3) is 2.25. The molecule has 3 heteroatoms. The lowest BCUT2D eigenvalue weighted by molar-refractivity contribution is 0.0478. The first-order valence-corrected chi connectivity index (χ1v) is 4.51. The van der Waals surface area contributed by atoms with Crippen molar-refractivity contribution in [2.45, 2.75) is 13.0 Å². The van der Waals surface area contributed by atoms with Crippen molar-refractivity contribution >= 4 is 0 Å². The van der Waals surface area contributed by atoms with Gasteiger partial charge in [0.1, 0.15) is 11.9 Å². The van der Waals surface area contributed by atoms with Gasteiger partial charge in [-0.25, -0.2) is 0 Å². The zero-order valence-electron chi connectivity index (χ0n) is 8.78. The van der Waals surface area contributed by atoms with Gasteiger partial charge in [-0.1, -0.05) is 6.07 Å². The Bertz CT molecular complexity index is 293. The highest BCUT2D eigenvalue weighted by Crippen LogP contribution is 2.24. The zero-order chi connectivity index (χ0) is 10.6. The molecular weight excluding hydrogens is 180 g/mol. The number of aliphatic hydroxyl groups excluding tert-OH is 1. The number of hydrogen-bond donors (Lipinski definition) is 1. The maximum absolute atomic E-state index is 9.10. The number of methoxy groups -OCH3 is 2. The van der Waals surface area contributed by atoms with Crippen LogP contribution in [0.1, 0.15) is 17.2 Å². The minimum absolute atomic E-state index is 0.0233. The second kappa shape index (κ2) is 4.98. The molecule has 1 rings (SSSR count). The molecule has 14 heavy (non-hydrogen) atoms. The van der Waals surface area contributed by atoms with Crippen LogP contribution in [0.5, 0.6) is 5.75 Å². The Morgan fingerprint density at radius 2 is 2.07 bits per heavy atom. The van der Waals surface area contributed by atoms with Gasteiger partial charge >= 0.3 is 0 Å². The van der Waals surface area contributed by atoms with E-state index < -0.39 is 0 Å². The topological polar surface area (TPSA) is 38.7 Å². The van der Waals surface area contributed by atoms with E-state index in [1.54, 1.807) is 14.2 Å². The van der Waals surface area contributed by atoms with E-state index in [0.717, 1.165) is 16.9 Å². The van der Waals surface area contributed by atoms with Crippen LogP contribution in [0.25, 0.3) is 0 Å². The molecule has 78 valence electrons. The lowest BCUT2D eigenvalue weighted by Crippen LogP contribution is -2.08. The first-order valence-electron chi connectivity index (χ1n) is 4.51. The van der Waals surface area contributed by atoms with Gasteiger partial charge in [-0.05, 0) is 30.2 Å². The fraction of sp³-hybridized carbons (Fsp3) is 0.455. The lowest BCUT2D eigenvalue weighted by atomic mass is 10.0. The van der Waals surface area contributed by atoms with Crippen molar-refractivity contribution in [3.05, 3.63) is 29.3 Å². The first kappa shape index (κ1) is 11.0. The van der Waals surface area contributed by atoms with Crippen molar-refractivity contribution in [3.63, 3.8) is 0 Å². The van der Waals surface area contributed by atoms with Crippen LogP contribution in [0.15, 0.2) is 18.2 Å². The van der Waals surface area contributed by atoms with E-state index in [9.17, 15) is 0 Å². The summed E-state index contributed by atoms with van der Waals surface area (Å²) in [5.41, 5.74) is 2.06. The summed E-state index contributed by atoms with van der Waals surface area (Å²) >= 11 is 0. The fourth-order valence-electron chi connectivity index (χ4n) is 1.39. The Hall–Kier alpha value is -1.06. The largest absolute Gasteiger partial charge is 0.497 e. The molecule has 0 amide bonds. The minimum atomic E-state index is -0.273. The van der Waals surface area contributed by atoms with Crippen LogP contribution < -0.4 is 4.74 Å². The molecule has 0 spiro atoms. The molecule has 0 aliphatic carbocycles. The SMILES string of the molecule is COc1ccc(C)c(C(CO)OC)c1. The summed E-state index contributed by atoms with van der Waals surface area (Å²) in [5, 5.41) is 9.10. The highest BCUT2D eigenvalue weighted by Gasteiger charge is 2.12. The molecule has 1 aromatic carbocycles. The third-order valence-corrected chi connectivity index (χ3v) is 2.28. The molecule has 0 radical (unpaired) electrons. The average molecular weight is 196 g/mol. The summed E-state index contributed by atoms with van der Waals surface area (Å²) in [6.07, 6.45) is -0.273. The smallest absolute Gasteiger partial charge is 0.119 e. The van der Waals surface area contributed by atoms with Crippen LogP contribution in [-0.2, 0) is 4.74 Å². The highest BCUT2D eigenvalue weighted by atomic mass is 16.5. The van der Waals surface area contributed by atoms with E-state index in [-0.39, 0.29) is 12.7 Å². The molecule has 0 fully saturated rings. The van der Waals surface area contributed by atoms with Crippen LogP contribution in [0.2, 0.25) is 0 Å². The van der Waals surface area contributed by atoms with Gasteiger partial charge < -0.3 is 14.6 Å². The quantitative estimate of drug-likeness (QED) is 0.796. The van der Waals surface area contributed by atoms with Crippen LogP contribution in [0.3, 0.4) is 0 Å². The van der Waals surface area contributed by atoms with Gasteiger partial charge in [0.25, 0.3) is 0 Å². The number of aliphatic hydroxyl groups is 1. The second-order valence-corrected chi connectivity index (χ2v) is 3.13. The van der Waals surface area contributed by atoms with E-state index in [1.165, 1.54) is 0 Å². The summed E-state index contributed by atoms with van der Waals surface area (Å²) in [5.74, 6) is 0.779. The van der Waals surface area contributed by atoms with Crippen LogP contribution >= 0.6 is 0 Å². The van der Waals surface area contributed by atoms with Gasteiger partial charge in [-0.15, -0.1) is 0 Å². The van der Waals surface area contributed by atoms with Gasteiger partial charge in [-0.2, -0.15) is 0 Å². The zero-order valence-corrected chi connectivity index (χ0v) is 8.78. The van der Waals surface area contributed by atoms with E-state index in [0.29, 0.717) is 0 Å². The number of rotatable bonds is 4. The molecule has 0 aromatic heterocycles. The summed E-state index contributed by atoms with van der Waals surface area (Å²) in [7, 11) is 3.20. The summed E-state index contributed by atoms with van der Waals surface area (Å²) in [6.45, 7) is 1.96. The predicted molar refractivity (Wildman–Crippen MR) is 54.6 cm³/mol. The summed E-state index contributed by atoms with van der Waals surface area (Å²) in [6, 6.07) is 5.73. The molecule has 0 bridgehead atoms. The molecular formula is C11H16O3. The summed E-state index contributed by atoms with van der Waals surface area (Å²) < 4.78 is 10.3. The van der Waals surface area contributed by atoms with E-state index >= 15 is 0 Å². The summed E-state index contributed by atoms with van der Waals surface area (Å²) in [4.78, 5) is 0. The van der Waals surface area contributed by atoms with Gasteiger partial charge in [0.05, 0.1) is 13.7 Å². The molecule has 0 aliphatic heterocycles. The van der Waals surface area contributed by atoms with Gasteiger partial charge in [0, 0.05) is 7.11 Å².